The summed E-state index contributed by atoms with van der Waals surface area (Å²) in [7, 11) is 0. The molecule has 0 aliphatic carbocycles. The molecular formula is C36H32. The lowest BCUT2D eigenvalue weighted by Gasteiger charge is -2.25. The highest BCUT2D eigenvalue weighted by Crippen LogP contribution is 2.47. The minimum absolute atomic E-state index is 0.0636. The first-order valence-corrected chi connectivity index (χ1v) is 13.1. The van der Waals surface area contributed by atoms with Crippen LogP contribution in [0.15, 0.2) is 84.9 Å². The number of rotatable bonds is 0. The second-order valence-corrected chi connectivity index (χ2v) is 12.7. The van der Waals surface area contributed by atoms with E-state index in [-0.39, 0.29) is 10.8 Å². The van der Waals surface area contributed by atoms with Crippen LogP contribution in [0.4, 0.5) is 0 Å². The molecule has 7 aromatic rings. The normalized spacial score (nSPS) is 13.3. The molecule has 0 radical (unpaired) electrons. The molecule has 0 N–H and O–H groups in total. The third-order valence-corrected chi connectivity index (χ3v) is 8.23. The summed E-state index contributed by atoms with van der Waals surface area (Å²) in [6.45, 7) is 14.0. The van der Waals surface area contributed by atoms with Crippen molar-refractivity contribution in [3.05, 3.63) is 96.1 Å². The largest absolute Gasteiger partial charge is 0.0616 e. The van der Waals surface area contributed by atoms with Gasteiger partial charge in [-0.25, -0.2) is 0 Å². The molecule has 0 atom stereocenters. The minimum atomic E-state index is 0.0636. The molecule has 0 aliphatic heterocycles. The maximum atomic E-state index is 2.48. The van der Waals surface area contributed by atoms with Gasteiger partial charge < -0.3 is 0 Å². The Morgan fingerprint density at radius 2 is 0.667 bits per heavy atom. The molecule has 0 nitrogen and oxygen atoms in total. The lowest BCUT2D eigenvalue weighted by molar-refractivity contribution is 0.591. The predicted octanol–water partition coefficient (Wildman–Crippen LogP) is 10.6. The van der Waals surface area contributed by atoms with Gasteiger partial charge in [0.1, 0.15) is 0 Å². The van der Waals surface area contributed by atoms with E-state index < -0.39 is 0 Å². The summed E-state index contributed by atoms with van der Waals surface area (Å²) in [5.74, 6) is 0. The van der Waals surface area contributed by atoms with Crippen LogP contribution in [-0.4, -0.2) is 0 Å². The van der Waals surface area contributed by atoms with Gasteiger partial charge in [0.05, 0.1) is 0 Å². The molecule has 176 valence electrons. The monoisotopic (exact) mass is 464 g/mol. The Labute approximate surface area is 212 Å². The fourth-order valence-electron chi connectivity index (χ4n) is 6.20. The van der Waals surface area contributed by atoms with Crippen molar-refractivity contribution in [2.75, 3.05) is 0 Å². The van der Waals surface area contributed by atoms with Crippen LogP contribution >= 0.6 is 0 Å². The predicted molar refractivity (Wildman–Crippen MR) is 160 cm³/mol. The Kier molecular flexibility index (Phi) is 4.19. The number of hydrogen-bond acceptors (Lipinski definition) is 0. The van der Waals surface area contributed by atoms with Crippen LogP contribution < -0.4 is 0 Å². The van der Waals surface area contributed by atoms with Crippen LogP contribution in [0.1, 0.15) is 52.7 Å². The Morgan fingerprint density at radius 3 is 1.03 bits per heavy atom. The van der Waals surface area contributed by atoms with Crippen molar-refractivity contribution in [2.24, 2.45) is 0 Å². The van der Waals surface area contributed by atoms with E-state index in [1.807, 2.05) is 0 Å². The van der Waals surface area contributed by atoms with Gasteiger partial charge in [0.25, 0.3) is 0 Å². The average Bonchev–Trinajstić information content (AvgIpc) is 2.85. The minimum Gasteiger partial charge on any atom is -0.0616 e. The molecule has 36 heavy (non-hydrogen) atoms. The van der Waals surface area contributed by atoms with Gasteiger partial charge in [-0.2, -0.15) is 0 Å². The van der Waals surface area contributed by atoms with Gasteiger partial charge in [0, 0.05) is 0 Å². The Bertz CT molecular complexity index is 1840. The van der Waals surface area contributed by atoms with E-state index in [0.29, 0.717) is 0 Å². The Hall–Kier alpha value is -3.64. The molecule has 0 saturated heterocycles. The summed E-state index contributed by atoms with van der Waals surface area (Å²) >= 11 is 0. The van der Waals surface area contributed by atoms with Gasteiger partial charge in [-0.15, -0.1) is 0 Å². The topological polar surface area (TPSA) is 0 Å². The van der Waals surface area contributed by atoms with Crippen LogP contribution in [-0.2, 0) is 10.8 Å². The zero-order valence-electron chi connectivity index (χ0n) is 22.1. The second kappa shape index (κ2) is 6.98. The molecule has 0 spiro atoms. The molecular weight excluding hydrogens is 432 g/mol. The highest BCUT2D eigenvalue weighted by Gasteiger charge is 2.23. The summed E-state index contributed by atoms with van der Waals surface area (Å²) < 4.78 is 0. The average molecular weight is 465 g/mol. The van der Waals surface area contributed by atoms with Crippen molar-refractivity contribution in [3.63, 3.8) is 0 Å². The molecule has 0 bridgehead atoms. The van der Waals surface area contributed by atoms with E-state index in [9.17, 15) is 0 Å². The van der Waals surface area contributed by atoms with E-state index in [0.717, 1.165) is 0 Å². The fraction of sp³-hybridized carbons (Fsp3) is 0.222. The number of hydrogen-bond donors (Lipinski definition) is 0. The van der Waals surface area contributed by atoms with Gasteiger partial charge in [-0.05, 0) is 123 Å². The zero-order valence-corrected chi connectivity index (χ0v) is 22.1. The summed E-state index contributed by atoms with van der Waals surface area (Å²) in [5, 5.41) is 16.4. The molecule has 7 rings (SSSR count). The van der Waals surface area contributed by atoms with Crippen molar-refractivity contribution < 1.29 is 0 Å². The standard InChI is InChI=1S/C36H32/c1-35(2,3)23-17-29-25-13-9-7-11-21(25)16-28-32-20-24(36(4,5)6)18-30-26-14-10-8-12-22(26)15-27(34(30)32)31(19-23)33(28)29/h7-20H,1-6H3. The number of benzene rings is 7. The van der Waals surface area contributed by atoms with E-state index in [2.05, 4.69) is 126 Å². The molecule has 0 unspecified atom stereocenters. The van der Waals surface area contributed by atoms with Crippen LogP contribution in [0, 0.1) is 0 Å². The van der Waals surface area contributed by atoms with Crippen molar-refractivity contribution in [1.29, 1.82) is 0 Å². The molecule has 0 saturated carbocycles. The summed E-state index contributed by atoms with van der Waals surface area (Å²) in [4.78, 5) is 0. The summed E-state index contributed by atoms with van der Waals surface area (Å²) in [5.41, 5.74) is 2.91. The van der Waals surface area contributed by atoms with Crippen LogP contribution in [0.2, 0.25) is 0 Å². The van der Waals surface area contributed by atoms with Crippen LogP contribution in [0.5, 0.6) is 0 Å². The zero-order chi connectivity index (χ0) is 25.0. The smallest absolute Gasteiger partial charge is 0.00197 e. The molecule has 7 aromatic carbocycles. The maximum Gasteiger partial charge on any atom is -0.00197 e. The van der Waals surface area contributed by atoms with Crippen molar-refractivity contribution in [1.82, 2.24) is 0 Å². The van der Waals surface area contributed by atoms with Gasteiger partial charge in [-0.3, -0.25) is 0 Å². The van der Waals surface area contributed by atoms with Gasteiger partial charge >= 0.3 is 0 Å². The molecule has 0 aliphatic rings. The van der Waals surface area contributed by atoms with Gasteiger partial charge in [0.15, 0.2) is 0 Å². The first kappa shape index (κ1) is 21.6. The number of fused-ring (bicyclic) bond motifs is 6. The van der Waals surface area contributed by atoms with Crippen molar-refractivity contribution >= 4 is 64.6 Å². The van der Waals surface area contributed by atoms with Gasteiger partial charge in [-0.1, -0.05) is 90.1 Å². The molecule has 0 heteroatoms. The fourth-order valence-corrected chi connectivity index (χ4v) is 6.20. The molecule has 0 aromatic heterocycles. The van der Waals surface area contributed by atoms with E-state index in [4.69, 9.17) is 0 Å². The van der Waals surface area contributed by atoms with Crippen molar-refractivity contribution in [3.8, 4) is 0 Å². The molecule has 0 heterocycles. The van der Waals surface area contributed by atoms with Gasteiger partial charge in [0.2, 0.25) is 0 Å². The third kappa shape index (κ3) is 2.94. The summed E-state index contributed by atoms with van der Waals surface area (Å²) in [6, 6.07) is 32.6. The van der Waals surface area contributed by atoms with Crippen LogP contribution in [0.25, 0.3) is 64.6 Å². The van der Waals surface area contributed by atoms with Crippen molar-refractivity contribution in [2.45, 2.75) is 52.4 Å². The van der Waals surface area contributed by atoms with E-state index >= 15 is 0 Å². The Balaban J connectivity index is 1.88. The third-order valence-electron chi connectivity index (χ3n) is 8.23. The SMILES string of the molecule is CC(C)(C)c1cc2c3ccccc3cc3c4cc(C(C)(C)C)cc5c6ccccc6cc(c(c1)c23)c54. The first-order chi connectivity index (χ1) is 17.1. The second-order valence-electron chi connectivity index (χ2n) is 12.7. The molecule has 0 fully saturated rings. The summed E-state index contributed by atoms with van der Waals surface area (Å²) in [6.07, 6.45) is 0. The highest BCUT2D eigenvalue weighted by molar-refractivity contribution is 6.38. The lowest BCUT2D eigenvalue weighted by Crippen LogP contribution is -2.11. The lowest BCUT2D eigenvalue weighted by atomic mass is 9.78. The van der Waals surface area contributed by atoms with E-state index in [1.54, 1.807) is 0 Å². The Morgan fingerprint density at radius 1 is 0.361 bits per heavy atom. The highest BCUT2D eigenvalue weighted by atomic mass is 14.3. The van der Waals surface area contributed by atoms with Crippen LogP contribution in [0.3, 0.4) is 0 Å². The quantitative estimate of drug-likeness (QED) is 0.155. The molecule has 0 amide bonds. The van der Waals surface area contributed by atoms with E-state index in [1.165, 1.54) is 75.8 Å². The maximum absolute atomic E-state index is 2.48. The first-order valence-electron chi connectivity index (χ1n) is 13.1.